The molecular weight excluding hydrogens is 550 g/mol. The molecule has 0 fully saturated rings. The smallest absolute Gasteiger partial charge is 0.406 e. The number of aliphatic hydroxyl groups is 1. The third kappa shape index (κ3) is 6.95. The Morgan fingerprint density at radius 1 is 0.949 bits per heavy atom. The molecule has 0 aliphatic carbocycles. The highest BCUT2D eigenvalue weighted by atomic mass is 32.2. The number of benzene rings is 3. The molecule has 0 saturated heterocycles. The highest BCUT2D eigenvalue weighted by Crippen LogP contribution is 2.42. The Kier molecular flexibility index (Phi) is 7.77. The van der Waals surface area contributed by atoms with Gasteiger partial charge in [-0.05, 0) is 47.5 Å². The van der Waals surface area contributed by atoms with E-state index in [0.717, 1.165) is 12.3 Å². The molecule has 0 saturated carbocycles. The van der Waals surface area contributed by atoms with E-state index in [9.17, 15) is 39.9 Å². The van der Waals surface area contributed by atoms with E-state index in [4.69, 9.17) is 0 Å². The molecule has 0 bridgehead atoms. The number of hydrogen-bond acceptors (Lipinski definition) is 6. The molecule has 3 aromatic carbocycles. The zero-order valence-electron chi connectivity index (χ0n) is 20.4. The van der Waals surface area contributed by atoms with Gasteiger partial charge in [-0.3, -0.25) is 0 Å². The number of rotatable bonds is 7. The fourth-order valence-corrected chi connectivity index (χ4v) is 5.13. The van der Waals surface area contributed by atoms with Crippen molar-refractivity contribution in [2.75, 3.05) is 29.1 Å². The van der Waals surface area contributed by atoms with Crippen LogP contribution < -0.4 is 14.5 Å². The van der Waals surface area contributed by atoms with Crippen LogP contribution in [0, 0.1) is 0 Å². The molecule has 1 heterocycles. The second kappa shape index (κ2) is 10.6. The van der Waals surface area contributed by atoms with Gasteiger partial charge in [0.15, 0.2) is 15.9 Å². The number of alkyl halides is 6. The minimum Gasteiger partial charge on any atom is -0.406 e. The van der Waals surface area contributed by atoms with Gasteiger partial charge in [0.1, 0.15) is 5.75 Å². The van der Waals surface area contributed by atoms with Gasteiger partial charge in [-0.1, -0.05) is 36.4 Å². The van der Waals surface area contributed by atoms with Crippen LogP contribution in [0.4, 0.5) is 37.7 Å². The first-order chi connectivity index (χ1) is 18.1. The number of anilines is 2. The molecule has 3 aromatic rings. The van der Waals surface area contributed by atoms with Gasteiger partial charge in [0.25, 0.3) is 0 Å². The van der Waals surface area contributed by atoms with E-state index >= 15 is 0 Å². The Morgan fingerprint density at radius 2 is 1.59 bits per heavy atom. The van der Waals surface area contributed by atoms with E-state index in [1.807, 2.05) is 0 Å². The van der Waals surface area contributed by atoms with Crippen molar-refractivity contribution in [3.8, 4) is 5.75 Å². The van der Waals surface area contributed by atoms with Gasteiger partial charge in [-0.2, -0.15) is 13.2 Å². The van der Waals surface area contributed by atoms with Gasteiger partial charge < -0.3 is 19.6 Å². The number of aliphatic hydroxyl groups excluding tert-OH is 1. The molecule has 0 radical (unpaired) electrons. The third-order valence-electron chi connectivity index (χ3n) is 6.25. The van der Waals surface area contributed by atoms with E-state index < -0.39 is 46.8 Å². The predicted octanol–water partition coefficient (Wildman–Crippen LogP) is 5.48. The third-order valence-corrected chi connectivity index (χ3v) is 7.38. The lowest BCUT2D eigenvalue weighted by molar-refractivity contribution is -0.274. The summed E-state index contributed by atoms with van der Waals surface area (Å²) < 4.78 is 106. The molecule has 13 heteroatoms. The van der Waals surface area contributed by atoms with E-state index in [2.05, 4.69) is 4.74 Å². The molecule has 0 spiro atoms. The Hall–Kier alpha value is -3.45. The highest BCUT2D eigenvalue weighted by molar-refractivity contribution is 7.90. The lowest BCUT2D eigenvalue weighted by Crippen LogP contribution is -2.49. The average molecular weight is 575 g/mol. The second-order valence-electron chi connectivity index (χ2n) is 9.13. The molecule has 1 aliphatic heterocycles. The van der Waals surface area contributed by atoms with Crippen molar-refractivity contribution in [3.63, 3.8) is 0 Å². The standard InChI is InChI=1S/C26H24F6N2O4S/c1-39(36,37)20-11-9-18(10-12-20)23-15-33(14-17-5-4-6-19(13-17)38-26(30,31)32)21-7-2-3-8-22(21)34(23)16-24(35)25(27,28)29/h2-13,23-24,35H,14-16H2,1H3. The Balaban J connectivity index is 1.74. The topological polar surface area (TPSA) is 70.1 Å². The maximum Gasteiger partial charge on any atom is 0.573 e. The molecule has 1 aliphatic rings. The van der Waals surface area contributed by atoms with Crippen molar-refractivity contribution in [2.24, 2.45) is 0 Å². The number of halogens is 6. The molecule has 6 nitrogen and oxygen atoms in total. The van der Waals surface area contributed by atoms with Crippen LogP contribution in [0.1, 0.15) is 17.2 Å². The molecule has 2 unspecified atom stereocenters. The summed E-state index contributed by atoms with van der Waals surface area (Å²) in [5.41, 5.74) is 1.83. The number of nitrogens with zero attached hydrogens (tertiary/aromatic N) is 2. The van der Waals surface area contributed by atoms with Crippen molar-refractivity contribution < 1.29 is 44.6 Å². The zero-order valence-corrected chi connectivity index (χ0v) is 21.3. The summed E-state index contributed by atoms with van der Waals surface area (Å²) in [5.74, 6) is -0.409. The SMILES string of the molecule is CS(=O)(=O)c1ccc(C2CN(Cc3cccc(OC(F)(F)F)c3)c3ccccc3N2CC(O)C(F)(F)F)cc1. The van der Waals surface area contributed by atoms with E-state index in [1.165, 1.54) is 41.3 Å². The van der Waals surface area contributed by atoms with Crippen molar-refractivity contribution in [2.45, 2.75) is 36.1 Å². The number of fused-ring (bicyclic) bond motifs is 1. The monoisotopic (exact) mass is 574 g/mol. The zero-order chi connectivity index (χ0) is 28.6. The molecular formula is C26H24F6N2O4S. The number of sulfone groups is 1. The van der Waals surface area contributed by atoms with Crippen LogP contribution in [0.15, 0.2) is 77.7 Å². The number of β-amino-alcohol motifs (C(OH)–C–C–N with tert-alkyl or cyclic N) is 1. The van der Waals surface area contributed by atoms with Crippen molar-refractivity contribution in [1.29, 1.82) is 0 Å². The van der Waals surface area contributed by atoms with Gasteiger partial charge in [0.2, 0.25) is 0 Å². The van der Waals surface area contributed by atoms with Crippen LogP contribution in [0.5, 0.6) is 5.75 Å². The molecule has 2 atom stereocenters. The normalized spacial score (nSPS) is 17.1. The van der Waals surface area contributed by atoms with Gasteiger partial charge in [-0.25, -0.2) is 8.42 Å². The summed E-state index contributed by atoms with van der Waals surface area (Å²) in [6.07, 6.45) is -11.4. The van der Waals surface area contributed by atoms with E-state index in [1.54, 1.807) is 35.2 Å². The van der Waals surface area contributed by atoms with Crippen LogP contribution >= 0.6 is 0 Å². The van der Waals surface area contributed by atoms with Crippen LogP contribution in [-0.4, -0.2) is 51.5 Å². The predicted molar refractivity (Wildman–Crippen MR) is 132 cm³/mol. The second-order valence-corrected chi connectivity index (χ2v) is 11.1. The Labute approximate surface area is 221 Å². The van der Waals surface area contributed by atoms with Crippen molar-refractivity contribution in [3.05, 3.63) is 83.9 Å². The van der Waals surface area contributed by atoms with E-state index in [-0.39, 0.29) is 18.0 Å². The Bertz CT molecular complexity index is 1410. The number of ether oxygens (including phenoxy) is 1. The summed E-state index contributed by atoms with van der Waals surface area (Å²) in [4.78, 5) is 3.23. The van der Waals surface area contributed by atoms with Gasteiger partial charge in [-0.15, -0.1) is 13.2 Å². The lowest BCUT2D eigenvalue weighted by atomic mass is 9.98. The summed E-state index contributed by atoms with van der Waals surface area (Å²) in [6.45, 7) is -0.606. The first kappa shape index (κ1) is 28.6. The fraction of sp³-hybridized carbons (Fsp3) is 0.308. The van der Waals surface area contributed by atoms with Crippen molar-refractivity contribution in [1.82, 2.24) is 0 Å². The minimum atomic E-state index is -4.88. The number of para-hydroxylation sites is 2. The average Bonchev–Trinajstić information content (AvgIpc) is 2.83. The Morgan fingerprint density at radius 3 is 2.18 bits per heavy atom. The lowest BCUT2D eigenvalue weighted by Gasteiger charge is -2.45. The molecule has 1 N–H and O–H groups in total. The van der Waals surface area contributed by atoms with Crippen LogP contribution in [0.2, 0.25) is 0 Å². The maximum atomic E-state index is 13.4. The van der Waals surface area contributed by atoms with Crippen LogP contribution in [0.25, 0.3) is 0 Å². The largest absolute Gasteiger partial charge is 0.573 e. The first-order valence-corrected chi connectivity index (χ1v) is 13.5. The maximum absolute atomic E-state index is 13.4. The molecule has 0 aromatic heterocycles. The molecule has 0 amide bonds. The molecule has 4 rings (SSSR count). The van der Waals surface area contributed by atoms with Gasteiger partial charge >= 0.3 is 12.5 Å². The van der Waals surface area contributed by atoms with Crippen LogP contribution in [0.3, 0.4) is 0 Å². The molecule has 210 valence electrons. The summed E-state index contributed by atoms with van der Waals surface area (Å²) in [7, 11) is -3.52. The summed E-state index contributed by atoms with van der Waals surface area (Å²) >= 11 is 0. The van der Waals surface area contributed by atoms with Gasteiger partial charge in [0, 0.05) is 19.3 Å². The van der Waals surface area contributed by atoms with E-state index in [0.29, 0.717) is 22.5 Å². The highest BCUT2D eigenvalue weighted by Gasteiger charge is 2.42. The minimum absolute atomic E-state index is 0.0303. The summed E-state index contributed by atoms with van der Waals surface area (Å²) in [6, 6.07) is 16.9. The first-order valence-electron chi connectivity index (χ1n) is 11.6. The quantitative estimate of drug-likeness (QED) is 0.377. The molecule has 39 heavy (non-hydrogen) atoms. The summed E-state index contributed by atoms with van der Waals surface area (Å²) in [5, 5.41) is 9.94. The van der Waals surface area contributed by atoms with Gasteiger partial charge in [0.05, 0.1) is 28.9 Å². The van der Waals surface area contributed by atoms with Crippen molar-refractivity contribution >= 4 is 21.2 Å². The van der Waals surface area contributed by atoms with Crippen LogP contribution in [-0.2, 0) is 16.4 Å². The fourth-order valence-electron chi connectivity index (χ4n) is 4.50. The number of hydrogen-bond donors (Lipinski definition) is 1.